The van der Waals surface area contributed by atoms with Crippen LogP contribution in [0.25, 0.3) is 0 Å². The van der Waals surface area contributed by atoms with Crippen LogP contribution in [0.15, 0.2) is 0 Å². The number of rotatable bonds is 5. The smallest absolute Gasteiger partial charge is 0.137 e. The van der Waals surface area contributed by atoms with Gasteiger partial charge in [0.15, 0.2) is 0 Å². The second-order valence-electron chi connectivity index (χ2n) is 5.01. The van der Waals surface area contributed by atoms with Crippen molar-refractivity contribution < 1.29 is 0 Å². The van der Waals surface area contributed by atoms with Crippen molar-refractivity contribution in [2.75, 3.05) is 24.0 Å². The maximum absolute atomic E-state index is 6.23. The molecule has 1 fully saturated rings. The van der Waals surface area contributed by atoms with Gasteiger partial charge in [-0.2, -0.15) is 11.8 Å². The third kappa shape index (κ3) is 2.91. The van der Waals surface area contributed by atoms with Gasteiger partial charge < -0.3 is 4.90 Å². The van der Waals surface area contributed by atoms with Crippen LogP contribution in [0.3, 0.4) is 0 Å². The van der Waals surface area contributed by atoms with Gasteiger partial charge >= 0.3 is 0 Å². The first-order valence-corrected chi connectivity index (χ1v) is 8.07. The molecule has 0 aromatic carbocycles. The van der Waals surface area contributed by atoms with Crippen LogP contribution in [-0.2, 0) is 0 Å². The highest BCUT2D eigenvalue weighted by atomic mass is 35.5. The van der Waals surface area contributed by atoms with Crippen molar-refractivity contribution >= 4 is 29.2 Å². The molecular weight excluding hydrogens is 266 g/mol. The van der Waals surface area contributed by atoms with Crippen molar-refractivity contribution in [1.82, 2.24) is 9.97 Å². The quantitative estimate of drug-likeness (QED) is 0.774. The Hall–Kier alpha value is -0.480. The monoisotopic (exact) mass is 285 g/mol. The van der Waals surface area contributed by atoms with Crippen molar-refractivity contribution in [1.29, 1.82) is 0 Å². The minimum atomic E-state index is 0.441. The topological polar surface area (TPSA) is 29.0 Å². The zero-order chi connectivity index (χ0) is 13.3. The molecule has 0 spiro atoms. The van der Waals surface area contributed by atoms with Gasteiger partial charge in [0.1, 0.15) is 16.8 Å². The lowest BCUT2D eigenvalue weighted by Gasteiger charge is -2.27. The van der Waals surface area contributed by atoms with E-state index in [-0.39, 0.29) is 0 Å². The molecule has 0 saturated heterocycles. The zero-order valence-electron chi connectivity index (χ0n) is 11.4. The van der Waals surface area contributed by atoms with Crippen LogP contribution in [0.1, 0.15) is 37.1 Å². The highest BCUT2D eigenvalue weighted by molar-refractivity contribution is 7.98. The van der Waals surface area contributed by atoms with Crippen LogP contribution >= 0.6 is 23.4 Å². The third-order valence-corrected chi connectivity index (χ3v) is 4.61. The van der Waals surface area contributed by atoms with E-state index in [1.54, 1.807) is 0 Å². The number of hydrogen-bond donors (Lipinski definition) is 0. The van der Waals surface area contributed by atoms with E-state index in [9.17, 15) is 0 Å². The van der Waals surface area contributed by atoms with E-state index < -0.39 is 0 Å². The second kappa shape index (κ2) is 5.66. The number of aromatic nitrogens is 2. The van der Waals surface area contributed by atoms with Gasteiger partial charge in [-0.15, -0.1) is 0 Å². The Morgan fingerprint density at radius 2 is 2.11 bits per heavy atom. The van der Waals surface area contributed by atoms with Crippen molar-refractivity contribution in [3.8, 4) is 0 Å². The average Bonchev–Trinajstić information content (AvgIpc) is 3.16. The molecule has 1 heterocycles. The highest BCUT2D eigenvalue weighted by Crippen LogP contribution is 2.40. The lowest BCUT2D eigenvalue weighted by atomic mass is 10.2. The molecule has 2 rings (SSSR count). The normalized spacial score (nSPS) is 16.7. The maximum Gasteiger partial charge on any atom is 0.137 e. The Balaban J connectivity index is 2.30. The molecule has 0 radical (unpaired) electrons. The molecule has 100 valence electrons. The lowest BCUT2D eigenvalue weighted by Crippen LogP contribution is -2.32. The van der Waals surface area contributed by atoms with Crippen LogP contribution in [0.5, 0.6) is 0 Å². The van der Waals surface area contributed by atoms with Crippen molar-refractivity contribution in [3.63, 3.8) is 0 Å². The Morgan fingerprint density at radius 3 is 2.67 bits per heavy atom. The van der Waals surface area contributed by atoms with Crippen LogP contribution in [-0.4, -0.2) is 35.1 Å². The molecular formula is C13H20ClN3S. The fourth-order valence-corrected chi connectivity index (χ4v) is 2.80. The van der Waals surface area contributed by atoms with Gasteiger partial charge in [0.25, 0.3) is 0 Å². The maximum atomic E-state index is 6.23. The van der Waals surface area contributed by atoms with Gasteiger partial charge in [0, 0.05) is 30.3 Å². The van der Waals surface area contributed by atoms with Gasteiger partial charge in [-0.1, -0.05) is 11.6 Å². The molecule has 18 heavy (non-hydrogen) atoms. The summed E-state index contributed by atoms with van der Waals surface area (Å²) < 4.78 is 0. The summed E-state index contributed by atoms with van der Waals surface area (Å²) in [5.74, 6) is 3.52. The zero-order valence-corrected chi connectivity index (χ0v) is 13.0. The molecule has 1 aromatic rings. The van der Waals surface area contributed by atoms with Crippen molar-refractivity contribution in [2.24, 2.45) is 0 Å². The summed E-state index contributed by atoms with van der Waals surface area (Å²) in [6.45, 7) is 4.21. The van der Waals surface area contributed by atoms with E-state index in [2.05, 4.69) is 30.1 Å². The molecule has 0 aliphatic heterocycles. The second-order valence-corrected chi connectivity index (χ2v) is 6.28. The van der Waals surface area contributed by atoms with Gasteiger partial charge in [-0.3, -0.25) is 0 Å². The summed E-state index contributed by atoms with van der Waals surface area (Å²) in [4.78, 5) is 11.3. The fourth-order valence-electron chi connectivity index (χ4n) is 1.92. The number of halogens is 1. The summed E-state index contributed by atoms with van der Waals surface area (Å²) in [5.41, 5.74) is 0.983. The van der Waals surface area contributed by atoms with Crippen molar-refractivity contribution in [2.45, 2.75) is 38.6 Å². The molecule has 5 heteroatoms. The predicted molar refractivity (Wildman–Crippen MR) is 80.0 cm³/mol. The Labute approximate surface area is 118 Å². The summed E-state index contributed by atoms with van der Waals surface area (Å²) in [6.07, 6.45) is 4.52. The molecule has 1 atom stereocenters. The number of nitrogens with zero attached hydrogens (tertiary/aromatic N) is 3. The largest absolute Gasteiger partial charge is 0.356 e. The van der Waals surface area contributed by atoms with Gasteiger partial charge in [-0.25, -0.2) is 9.97 Å². The van der Waals surface area contributed by atoms with Crippen LogP contribution < -0.4 is 4.90 Å². The van der Waals surface area contributed by atoms with Gasteiger partial charge in [-0.05, 0) is 32.9 Å². The van der Waals surface area contributed by atoms with Crippen molar-refractivity contribution in [3.05, 3.63) is 16.5 Å². The van der Waals surface area contributed by atoms with E-state index >= 15 is 0 Å². The Bertz CT molecular complexity index is 434. The molecule has 3 nitrogen and oxygen atoms in total. The molecule has 1 aliphatic carbocycles. The number of hydrogen-bond acceptors (Lipinski definition) is 4. The lowest BCUT2D eigenvalue weighted by molar-refractivity contribution is 0.740. The Morgan fingerprint density at radius 1 is 1.44 bits per heavy atom. The summed E-state index contributed by atoms with van der Waals surface area (Å²) in [6, 6.07) is 0.441. The van der Waals surface area contributed by atoms with Gasteiger partial charge in [0.05, 0.1) is 0 Å². The van der Waals surface area contributed by atoms with E-state index in [4.69, 9.17) is 16.6 Å². The Kier molecular flexibility index (Phi) is 4.38. The molecule has 1 saturated carbocycles. The summed E-state index contributed by atoms with van der Waals surface area (Å²) in [7, 11) is 2.09. The van der Waals surface area contributed by atoms with E-state index in [1.807, 2.05) is 18.7 Å². The van der Waals surface area contributed by atoms with E-state index in [0.717, 1.165) is 23.0 Å². The third-order valence-electron chi connectivity index (χ3n) is 3.42. The van der Waals surface area contributed by atoms with E-state index in [0.29, 0.717) is 17.1 Å². The first-order chi connectivity index (χ1) is 8.54. The number of thioether (sulfide) groups is 1. The molecule has 0 amide bonds. The average molecular weight is 286 g/mol. The van der Waals surface area contributed by atoms with Crippen LogP contribution in [0.4, 0.5) is 5.82 Å². The summed E-state index contributed by atoms with van der Waals surface area (Å²) in [5, 5.41) is 0.602. The first kappa shape index (κ1) is 13.9. The minimum Gasteiger partial charge on any atom is -0.356 e. The predicted octanol–water partition coefficient (Wildman–Crippen LogP) is 3.50. The summed E-state index contributed by atoms with van der Waals surface area (Å²) >= 11 is 8.08. The van der Waals surface area contributed by atoms with E-state index in [1.165, 1.54) is 12.8 Å². The molecule has 1 aliphatic rings. The molecule has 0 bridgehead atoms. The highest BCUT2D eigenvalue weighted by Gasteiger charge is 2.29. The van der Waals surface area contributed by atoms with Gasteiger partial charge in [0.2, 0.25) is 0 Å². The standard InChI is InChI=1S/C13H20ClN3S/c1-8(7-18-4)17(3)13-9(2)11(14)15-12(16-13)10-5-6-10/h8,10H,5-7H2,1-4H3. The molecule has 1 aromatic heterocycles. The SMILES string of the molecule is CSCC(C)N(C)c1nc(C2CC2)nc(Cl)c1C. The fraction of sp³-hybridized carbons (Fsp3) is 0.692. The minimum absolute atomic E-state index is 0.441. The molecule has 0 N–H and O–H groups in total. The number of anilines is 1. The molecule has 1 unspecified atom stereocenters. The van der Waals surface area contributed by atoms with Crippen LogP contribution in [0.2, 0.25) is 5.15 Å². The van der Waals surface area contributed by atoms with Crippen LogP contribution in [0, 0.1) is 6.92 Å². The first-order valence-electron chi connectivity index (χ1n) is 6.30.